The summed E-state index contributed by atoms with van der Waals surface area (Å²) in [6.07, 6.45) is 1.77. The fourth-order valence-corrected chi connectivity index (χ4v) is 4.22. The number of rotatable bonds is 7. The van der Waals surface area contributed by atoms with Crippen LogP contribution in [0.1, 0.15) is 20.3 Å². The topological polar surface area (TPSA) is 72.8 Å². The number of hydrogen-bond acceptors (Lipinski definition) is 4. The molecule has 0 radical (unpaired) electrons. The van der Waals surface area contributed by atoms with Crippen LogP contribution in [0.15, 0.2) is 12.7 Å². The molecular weight excluding hydrogens is 231 g/mol. The van der Waals surface area contributed by atoms with Crippen molar-refractivity contribution in [2.24, 2.45) is 5.92 Å². The van der Waals surface area contributed by atoms with Crippen LogP contribution in [-0.4, -0.2) is 29.4 Å². The first-order chi connectivity index (χ1) is 7.48. The lowest BCUT2D eigenvalue weighted by Crippen LogP contribution is -2.27. The maximum Gasteiger partial charge on any atom is 0.348 e. The van der Waals surface area contributed by atoms with Crippen molar-refractivity contribution in [2.45, 2.75) is 25.4 Å². The molecule has 0 aromatic rings. The fourth-order valence-electron chi connectivity index (χ4n) is 1.84. The predicted molar refractivity (Wildman–Crippen MR) is 59.5 cm³/mol. The minimum absolute atomic E-state index is 0.163. The fraction of sp³-hybridized carbons (Fsp3) is 0.700. The third-order valence-corrected chi connectivity index (χ3v) is 5.61. The number of carbonyl (C=O) groups is 1. The zero-order chi connectivity index (χ0) is 12.4. The lowest BCUT2D eigenvalue weighted by atomic mass is 10.3. The molecule has 0 spiro atoms. The number of carboxylic acid groups (broad SMARTS) is 1. The van der Waals surface area contributed by atoms with Crippen LogP contribution in [-0.2, 0) is 18.4 Å². The third-order valence-electron chi connectivity index (χ3n) is 2.73. The molecule has 1 saturated carbocycles. The van der Waals surface area contributed by atoms with E-state index in [1.54, 1.807) is 13.8 Å². The molecule has 1 aliphatic rings. The molecule has 1 fully saturated rings. The molecule has 1 rings (SSSR count). The van der Waals surface area contributed by atoms with Crippen LogP contribution >= 0.6 is 7.60 Å². The Morgan fingerprint density at radius 3 is 2.31 bits per heavy atom. The van der Waals surface area contributed by atoms with E-state index in [2.05, 4.69) is 6.58 Å². The van der Waals surface area contributed by atoms with Crippen molar-refractivity contribution in [3.8, 4) is 0 Å². The van der Waals surface area contributed by atoms with Crippen LogP contribution in [0.3, 0.4) is 0 Å². The summed E-state index contributed by atoms with van der Waals surface area (Å²) in [4.78, 5) is 11.3. The Kier molecular flexibility index (Phi) is 3.94. The summed E-state index contributed by atoms with van der Waals surface area (Å²) in [6, 6.07) is 0. The largest absolute Gasteiger partial charge is 0.480 e. The summed E-state index contributed by atoms with van der Waals surface area (Å²) < 4.78 is 22.6. The number of carboxylic acids is 1. The molecule has 1 N–H and O–H groups in total. The number of allylic oxidation sites excluding steroid dienone is 1. The first kappa shape index (κ1) is 13.4. The summed E-state index contributed by atoms with van der Waals surface area (Å²) in [6.45, 7) is 7.18. The second kappa shape index (κ2) is 4.70. The van der Waals surface area contributed by atoms with Gasteiger partial charge in [0.25, 0.3) is 0 Å². The van der Waals surface area contributed by atoms with E-state index >= 15 is 0 Å². The smallest absolute Gasteiger partial charge is 0.348 e. The Labute approximate surface area is 95.0 Å². The van der Waals surface area contributed by atoms with Gasteiger partial charge in [-0.05, 0) is 20.3 Å². The van der Waals surface area contributed by atoms with Crippen LogP contribution in [0.25, 0.3) is 0 Å². The Balaban J connectivity index is 3.05. The molecule has 5 nitrogen and oxygen atoms in total. The summed E-state index contributed by atoms with van der Waals surface area (Å²) >= 11 is 0. The predicted octanol–water partition coefficient (Wildman–Crippen LogP) is 2.28. The average molecular weight is 248 g/mol. The van der Waals surface area contributed by atoms with Gasteiger partial charge in [0.2, 0.25) is 0 Å². The van der Waals surface area contributed by atoms with Crippen LogP contribution in [0, 0.1) is 5.92 Å². The summed E-state index contributed by atoms with van der Waals surface area (Å²) in [5.41, 5.74) is 0. The molecule has 1 aliphatic carbocycles. The molecule has 92 valence electrons. The van der Waals surface area contributed by atoms with Gasteiger partial charge in [-0.1, -0.05) is 6.08 Å². The molecule has 0 heterocycles. The van der Waals surface area contributed by atoms with Gasteiger partial charge in [-0.25, -0.2) is 0 Å². The van der Waals surface area contributed by atoms with E-state index in [0.29, 0.717) is 0 Å². The van der Waals surface area contributed by atoms with E-state index < -0.39 is 18.7 Å². The van der Waals surface area contributed by atoms with Gasteiger partial charge in [0.1, 0.15) is 0 Å². The van der Waals surface area contributed by atoms with Crippen molar-refractivity contribution in [2.75, 3.05) is 13.2 Å². The highest BCUT2D eigenvalue weighted by Crippen LogP contribution is 2.74. The van der Waals surface area contributed by atoms with Crippen molar-refractivity contribution >= 4 is 13.6 Å². The second-order valence-corrected chi connectivity index (χ2v) is 5.92. The standard InChI is InChI=1S/C10H17O5P/c1-4-8-7-10(8,9(11)12)16(13,14-5-2)15-6-3/h4,8H,1,5-7H2,2-3H3,(H,11,12)/t8-,10+/m0/s1. The van der Waals surface area contributed by atoms with Gasteiger partial charge >= 0.3 is 13.6 Å². The van der Waals surface area contributed by atoms with Gasteiger partial charge < -0.3 is 14.2 Å². The van der Waals surface area contributed by atoms with E-state index in [1.165, 1.54) is 6.08 Å². The maximum atomic E-state index is 12.4. The highest BCUT2D eigenvalue weighted by Gasteiger charge is 2.72. The molecule has 0 bridgehead atoms. The zero-order valence-corrected chi connectivity index (χ0v) is 10.4. The van der Waals surface area contributed by atoms with Gasteiger partial charge in [-0.2, -0.15) is 0 Å². The highest BCUT2D eigenvalue weighted by molar-refractivity contribution is 7.57. The second-order valence-electron chi connectivity index (χ2n) is 3.61. The average Bonchev–Trinajstić information content (AvgIpc) is 2.94. The molecule has 0 aromatic heterocycles. The first-order valence-electron chi connectivity index (χ1n) is 5.23. The SMILES string of the molecule is C=C[C@H]1C[C@@]1(C(=O)O)P(=O)(OCC)OCC. The van der Waals surface area contributed by atoms with E-state index in [4.69, 9.17) is 9.05 Å². The molecule has 0 unspecified atom stereocenters. The van der Waals surface area contributed by atoms with Crippen LogP contribution in [0.5, 0.6) is 0 Å². The Morgan fingerprint density at radius 2 is 2.06 bits per heavy atom. The van der Waals surface area contributed by atoms with Crippen LogP contribution < -0.4 is 0 Å². The van der Waals surface area contributed by atoms with Gasteiger partial charge in [0, 0.05) is 5.92 Å². The zero-order valence-electron chi connectivity index (χ0n) is 9.51. The summed E-state index contributed by atoms with van der Waals surface area (Å²) in [7, 11) is -3.61. The Bertz CT molecular complexity index is 330. The van der Waals surface area contributed by atoms with E-state index in [-0.39, 0.29) is 25.6 Å². The molecular formula is C10H17O5P. The summed E-state index contributed by atoms with van der Waals surface area (Å²) in [5.74, 6) is -1.48. The maximum absolute atomic E-state index is 12.4. The van der Waals surface area contributed by atoms with E-state index in [1.807, 2.05) is 0 Å². The van der Waals surface area contributed by atoms with Crippen molar-refractivity contribution < 1.29 is 23.5 Å². The lowest BCUT2D eigenvalue weighted by molar-refractivity contribution is -0.138. The van der Waals surface area contributed by atoms with Crippen LogP contribution in [0.2, 0.25) is 0 Å². The van der Waals surface area contributed by atoms with Crippen molar-refractivity contribution in [1.29, 1.82) is 0 Å². The van der Waals surface area contributed by atoms with Crippen LogP contribution in [0.4, 0.5) is 0 Å². The normalized spacial score (nSPS) is 28.8. The quantitative estimate of drug-likeness (QED) is 0.552. The van der Waals surface area contributed by atoms with Gasteiger partial charge in [0.05, 0.1) is 13.2 Å². The Morgan fingerprint density at radius 1 is 1.56 bits per heavy atom. The van der Waals surface area contributed by atoms with Crippen molar-refractivity contribution in [1.82, 2.24) is 0 Å². The molecule has 0 aliphatic heterocycles. The minimum atomic E-state index is -3.61. The Hall–Kier alpha value is -0.640. The molecule has 2 atom stereocenters. The lowest BCUT2D eigenvalue weighted by Gasteiger charge is -2.23. The molecule has 6 heteroatoms. The van der Waals surface area contributed by atoms with Gasteiger partial charge in [0.15, 0.2) is 5.16 Å². The molecule has 0 saturated heterocycles. The van der Waals surface area contributed by atoms with Gasteiger partial charge in [-0.3, -0.25) is 9.36 Å². The van der Waals surface area contributed by atoms with Gasteiger partial charge in [-0.15, -0.1) is 6.58 Å². The first-order valence-corrected chi connectivity index (χ1v) is 6.78. The summed E-state index contributed by atoms with van der Waals surface area (Å²) in [5, 5.41) is 7.80. The van der Waals surface area contributed by atoms with E-state index in [9.17, 15) is 14.5 Å². The molecule has 16 heavy (non-hydrogen) atoms. The van der Waals surface area contributed by atoms with E-state index in [0.717, 1.165) is 0 Å². The van der Waals surface area contributed by atoms with Crippen molar-refractivity contribution in [3.05, 3.63) is 12.7 Å². The minimum Gasteiger partial charge on any atom is -0.480 e. The number of hydrogen-bond donors (Lipinski definition) is 1. The molecule has 0 aromatic carbocycles. The third kappa shape index (κ3) is 1.83. The van der Waals surface area contributed by atoms with Crippen molar-refractivity contribution in [3.63, 3.8) is 0 Å². The molecule has 0 amide bonds. The monoisotopic (exact) mass is 248 g/mol. The highest BCUT2D eigenvalue weighted by atomic mass is 31.2. The number of aliphatic carboxylic acids is 1.